The smallest absolute Gasteiger partial charge is 0.0208 e. The Morgan fingerprint density at radius 3 is 2.89 bits per heavy atom. The van der Waals surface area contributed by atoms with Gasteiger partial charge >= 0.3 is 0 Å². The predicted molar refractivity (Wildman–Crippen MR) is 77.6 cm³/mol. The molecule has 1 aliphatic heterocycles. The summed E-state index contributed by atoms with van der Waals surface area (Å²) in [5.41, 5.74) is 4.57. The number of fused-ring (bicyclic) bond motifs is 1. The molecule has 0 fully saturated rings. The monoisotopic (exact) mass is 246 g/mol. The Labute approximate surface area is 111 Å². The molecule has 0 aliphatic carbocycles. The summed E-state index contributed by atoms with van der Waals surface area (Å²) in [5.74, 6) is 0.825. The Morgan fingerprint density at radius 2 is 2.11 bits per heavy atom. The summed E-state index contributed by atoms with van der Waals surface area (Å²) < 4.78 is 0. The maximum atomic E-state index is 3.63. The lowest BCUT2D eigenvalue weighted by Gasteiger charge is -2.21. The van der Waals surface area contributed by atoms with Crippen LogP contribution in [0.15, 0.2) is 18.2 Å². The average molecular weight is 246 g/mol. The molecule has 1 aromatic rings. The van der Waals surface area contributed by atoms with Crippen molar-refractivity contribution in [3.63, 3.8) is 0 Å². The van der Waals surface area contributed by atoms with Crippen molar-refractivity contribution in [3.8, 4) is 0 Å². The molecule has 1 aliphatic rings. The second kappa shape index (κ2) is 6.91. The van der Waals surface area contributed by atoms with Gasteiger partial charge in [0, 0.05) is 13.1 Å². The highest BCUT2D eigenvalue weighted by Gasteiger charge is 2.12. The normalized spacial score (nSPS) is 14.8. The summed E-state index contributed by atoms with van der Waals surface area (Å²) in [6.45, 7) is 8.90. The van der Waals surface area contributed by atoms with Gasteiger partial charge in [0.05, 0.1) is 0 Å². The van der Waals surface area contributed by atoms with Crippen molar-refractivity contribution in [2.75, 3.05) is 13.1 Å². The number of nitrogens with one attached hydrogen (secondary N) is 2. The molecule has 2 rings (SSSR count). The summed E-state index contributed by atoms with van der Waals surface area (Å²) in [6, 6.07) is 6.73. The second-order valence-corrected chi connectivity index (χ2v) is 5.30. The quantitative estimate of drug-likeness (QED) is 0.806. The third-order valence-corrected chi connectivity index (χ3v) is 4.14. The predicted octanol–water partition coefficient (Wildman–Crippen LogP) is 2.86. The minimum absolute atomic E-state index is 0.825. The summed E-state index contributed by atoms with van der Waals surface area (Å²) in [4.78, 5) is 0. The van der Waals surface area contributed by atoms with Crippen LogP contribution >= 0.6 is 0 Å². The van der Waals surface area contributed by atoms with Gasteiger partial charge in [-0.2, -0.15) is 0 Å². The van der Waals surface area contributed by atoms with Crippen molar-refractivity contribution in [2.24, 2.45) is 5.92 Å². The van der Waals surface area contributed by atoms with E-state index in [4.69, 9.17) is 0 Å². The van der Waals surface area contributed by atoms with Crippen LogP contribution in [0.4, 0.5) is 0 Å². The first-order valence-electron chi connectivity index (χ1n) is 7.36. The number of hydrogen-bond acceptors (Lipinski definition) is 2. The van der Waals surface area contributed by atoms with Gasteiger partial charge in [0.2, 0.25) is 0 Å². The van der Waals surface area contributed by atoms with Gasteiger partial charge in [-0.1, -0.05) is 44.9 Å². The van der Waals surface area contributed by atoms with Crippen molar-refractivity contribution < 1.29 is 0 Å². The zero-order valence-corrected chi connectivity index (χ0v) is 11.8. The van der Waals surface area contributed by atoms with Gasteiger partial charge in [0.15, 0.2) is 0 Å². The molecule has 18 heavy (non-hydrogen) atoms. The molecule has 0 saturated heterocycles. The van der Waals surface area contributed by atoms with Gasteiger partial charge in [-0.3, -0.25) is 0 Å². The van der Waals surface area contributed by atoms with Crippen molar-refractivity contribution in [2.45, 2.75) is 46.2 Å². The molecule has 2 heteroatoms. The Hall–Kier alpha value is -0.860. The van der Waals surface area contributed by atoms with E-state index in [1.807, 2.05) is 0 Å². The first-order valence-corrected chi connectivity index (χ1v) is 7.36. The Morgan fingerprint density at radius 1 is 1.28 bits per heavy atom. The number of hydrogen-bond donors (Lipinski definition) is 2. The van der Waals surface area contributed by atoms with Gasteiger partial charge in [-0.25, -0.2) is 0 Å². The fourth-order valence-corrected chi connectivity index (χ4v) is 2.76. The van der Waals surface area contributed by atoms with E-state index in [1.165, 1.54) is 30.4 Å². The van der Waals surface area contributed by atoms with Crippen LogP contribution in [-0.4, -0.2) is 13.1 Å². The van der Waals surface area contributed by atoms with Crippen LogP contribution in [0.25, 0.3) is 0 Å². The minimum atomic E-state index is 0.825. The van der Waals surface area contributed by atoms with Crippen LogP contribution in [0, 0.1) is 5.92 Å². The highest BCUT2D eigenvalue weighted by molar-refractivity contribution is 5.36. The summed E-state index contributed by atoms with van der Waals surface area (Å²) in [6.07, 6.45) is 3.73. The van der Waals surface area contributed by atoms with Gasteiger partial charge < -0.3 is 10.6 Å². The third-order valence-electron chi connectivity index (χ3n) is 4.14. The van der Waals surface area contributed by atoms with Crippen LogP contribution in [-0.2, 0) is 19.5 Å². The molecule has 0 unspecified atom stereocenters. The molecule has 0 bridgehead atoms. The zero-order valence-electron chi connectivity index (χ0n) is 11.8. The molecule has 0 aromatic heterocycles. The molecule has 0 atom stereocenters. The van der Waals surface area contributed by atoms with E-state index in [0.29, 0.717) is 0 Å². The van der Waals surface area contributed by atoms with E-state index < -0.39 is 0 Å². The van der Waals surface area contributed by atoms with Crippen molar-refractivity contribution >= 4 is 0 Å². The molecular weight excluding hydrogens is 220 g/mol. The van der Waals surface area contributed by atoms with Gasteiger partial charge in [-0.15, -0.1) is 0 Å². The molecule has 1 aromatic carbocycles. The zero-order chi connectivity index (χ0) is 12.8. The molecule has 0 amide bonds. The van der Waals surface area contributed by atoms with Gasteiger partial charge in [-0.05, 0) is 42.1 Å². The lowest BCUT2D eigenvalue weighted by atomic mass is 9.95. The first kappa shape index (κ1) is 13.6. The molecule has 0 spiro atoms. The largest absolute Gasteiger partial charge is 0.312 e. The van der Waals surface area contributed by atoms with Crippen LogP contribution in [0.1, 0.15) is 43.4 Å². The molecule has 2 nitrogen and oxygen atoms in total. The molecule has 0 radical (unpaired) electrons. The fraction of sp³-hybridized carbons (Fsp3) is 0.625. The summed E-state index contributed by atoms with van der Waals surface area (Å²) in [5, 5.41) is 7.07. The minimum Gasteiger partial charge on any atom is -0.312 e. The SMILES string of the molecule is CCC(CC)CNCc1cccc2c1CCNC2. The fourth-order valence-electron chi connectivity index (χ4n) is 2.76. The Balaban J connectivity index is 1.93. The lowest BCUT2D eigenvalue weighted by molar-refractivity contribution is 0.448. The highest BCUT2D eigenvalue weighted by atomic mass is 14.9. The van der Waals surface area contributed by atoms with E-state index in [-0.39, 0.29) is 0 Å². The van der Waals surface area contributed by atoms with Crippen LogP contribution in [0.2, 0.25) is 0 Å². The Kier molecular flexibility index (Phi) is 5.21. The maximum Gasteiger partial charge on any atom is 0.0208 e. The van der Waals surface area contributed by atoms with Crippen LogP contribution in [0.3, 0.4) is 0 Å². The standard InChI is InChI=1S/C16H26N2/c1-3-13(4-2)10-18-12-15-7-5-6-14-11-17-9-8-16(14)15/h5-7,13,17-18H,3-4,8-12H2,1-2H3. The summed E-state index contributed by atoms with van der Waals surface area (Å²) >= 11 is 0. The number of benzene rings is 1. The second-order valence-electron chi connectivity index (χ2n) is 5.30. The van der Waals surface area contributed by atoms with Crippen LogP contribution < -0.4 is 10.6 Å². The van der Waals surface area contributed by atoms with E-state index in [0.717, 1.165) is 32.1 Å². The van der Waals surface area contributed by atoms with E-state index in [1.54, 1.807) is 5.56 Å². The molecule has 2 N–H and O–H groups in total. The Bertz CT molecular complexity index is 369. The van der Waals surface area contributed by atoms with E-state index in [9.17, 15) is 0 Å². The molecule has 100 valence electrons. The molecule has 1 heterocycles. The van der Waals surface area contributed by atoms with Crippen molar-refractivity contribution in [1.29, 1.82) is 0 Å². The number of rotatable bonds is 6. The molecule has 0 saturated carbocycles. The van der Waals surface area contributed by atoms with Gasteiger partial charge in [0.25, 0.3) is 0 Å². The maximum absolute atomic E-state index is 3.63. The summed E-state index contributed by atoms with van der Waals surface area (Å²) in [7, 11) is 0. The van der Waals surface area contributed by atoms with E-state index in [2.05, 4.69) is 42.7 Å². The van der Waals surface area contributed by atoms with Crippen molar-refractivity contribution in [3.05, 3.63) is 34.9 Å². The van der Waals surface area contributed by atoms with Crippen LogP contribution in [0.5, 0.6) is 0 Å². The highest BCUT2D eigenvalue weighted by Crippen LogP contribution is 2.18. The topological polar surface area (TPSA) is 24.1 Å². The lowest BCUT2D eigenvalue weighted by Crippen LogP contribution is -2.27. The molecular formula is C16H26N2. The average Bonchev–Trinajstić information content (AvgIpc) is 2.44. The van der Waals surface area contributed by atoms with E-state index >= 15 is 0 Å². The van der Waals surface area contributed by atoms with Crippen molar-refractivity contribution in [1.82, 2.24) is 10.6 Å². The third kappa shape index (κ3) is 3.33. The first-order chi connectivity index (χ1) is 8.85. The van der Waals surface area contributed by atoms with Gasteiger partial charge in [0.1, 0.15) is 0 Å².